The standard InChI is InChI=1S/C11H20N6/c1-8(2)15-10(12)14-7-9-5-6-13-11(16-9)17(3)4/h5-6,8H,7H2,1-4H3,(H3,12,14,15). The van der Waals surface area contributed by atoms with Gasteiger partial charge < -0.3 is 16.0 Å². The highest BCUT2D eigenvalue weighted by Gasteiger charge is 2.01. The average molecular weight is 236 g/mol. The molecule has 0 atom stereocenters. The summed E-state index contributed by atoms with van der Waals surface area (Å²) in [5.74, 6) is 1.11. The Kier molecular flexibility index (Phi) is 4.68. The molecule has 1 rings (SSSR count). The van der Waals surface area contributed by atoms with E-state index in [1.54, 1.807) is 6.20 Å². The Labute approximate surface area is 102 Å². The van der Waals surface area contributed by atoms with Gasteiger partial charge in [0.15, 0.2) is 5.96 Å². The van der Waals surface area contributed by atoms with E-state index in [1.165, 1.54) is 0 Å². The fourth-order valence-electron chi connectivity index (χ4n) is 1.20. The van der Waals surface area contributed by atoms with Crippen molar-refractivity contribution >= 4 is 11.9 Å². The number of nitrogens with zero attached hydrogens (tertiary/aromatic N) is 4. The molecular weight excluding hydrogens is 216 g/mol. The Hall–Kier alpha value is -1.85. The second-order valence-corrected chi connectivity index (χ2v) is 4.24. The van der Waals surface area contributed by atoms with Gasteiger partial charge in [0, 0.05) is 26.3 Å². The predicted octanol–water partition coefficient (Wildman–Crippen LogP) is 0.355. The molecule has 6 heteroatoms. The van der Waals surface area contributed by atoms with Gasteiger partial charge in [-0.2, -0.15) is 0 Å². The number of aliphatic imine (C=N–C) groups is 1. The highest BCUT2D eigenvalue weighted by Crippen LogP contribution is 2.04. The van der Waals surface area contributed by atoms with Gasteiger partial charge in [0.05, 0.1) is 12.2 Å². The van der Waals surface area contributed by atoms with Crippen molar-refractivity contribution in [2.75, 3.05) is 19.0 Å². The number of nitrogens with one attached hydrogen (secondary N) is 1. The molecule has 0 fully saturated rings. The lowest BCUT2D eigenvalue weighted by atomic mass is 10.4. The predicted molar refractivity (Wildman–Crippen MR) is 70.0 cm³/mol. The molecule has 0 spiro atoms. The van der Waals surface area contributed by atoms with Crippen LogP contribution in [0, 0.1) is 0 Å². The largest absolute Gasteiger partial charge is 0.370 e. The lowest BCUT2D eigenvalue weighted by molar-refractivity contribution is 0.722. The minimum Gasteiger partial charge on any atom is -0.370 e. The highest BCUT2D eigenvalue weighted by molar-refractivity contribution is 5.78. The summed E-state index contributed by atoms with van der Waals surface area (Å²) >= 11 is 0. The van der Waals surface area contributed by atoms with Crippen molar-refractivity contribution in [1.29, 1.82) is 0 Å². The Morgan fingerprint density at radius 3 is 2.82 bits per heavy atom. The zero-order chi connectivity index (χ0) is 12.8. The second kappa shape index (κ2) is 6.03. The third kappa shape index (κ3) is 4.67. The van der Waals surface area contributed by atoms with E-state index in [2.05, 4.69) is 20.3 Å². The minimum atomic E-state index is 0.279. The van der Waals surface area contributed by atoms with Crippen LogP contribution in [0.1, 0.15) is 19.5 Å². The zero-order valence-corrected chi connectivity index (χ0v) is 10.8. The number of rotatable bonds is 4. The second-order valence-electron chi connectivity index (χ2n) is 4.24. The van der Waals surface area contributed by atoms with Crippen LogP contribution in [0.4, 0.5) is 5.95 Å². The van der Waals surface area contributed by atoms with Crippen LogP contribution in [-0.4, -0.2) is 36.1 Å². The molecule has 3 N–H and O–H groups in total. The van der Waals surface area contributed by atoms with Crippen molar-refractivity contribution in [3.8, 4) is 0 Å². The quantitative estimate of drug-likeness (QED) is 0.582. The summed E-state index contributed by atoms with van der Waals surface area (Å²) in [6, 6.07) is 2.11. The topological polar surface area (TPSA) is 79.4 Å². The molecular formula is C11H20N6. The third-order valence-electron chi connectivity index (χ3n) is 1.95. The van der Waals surface area contributed by atoms with Gasteiger partial charge in [0.2, 0.25) is 5.95 Å². The van der Waals surface area contributed by atoms with Crippen molar-refractivity contribution < 1.29 is 0 Å². The maximum Gasteiger partial charge on any atom is 0.225 e. The summed E-state index contributed by atoms with van der Waals surface area (Å²) < 4.78 is 0. The molecule has 94 valence electrons. The van der Waals surface area contributed by atoms with Crippen LogP contribution in [0.5, 0.6) is 0 Å². The molecule has 0 aliphatic rings. The van der Waals surface area contributed by atoms with Gasteiger partial charge >= 0.3 is 0 Å². The summed E-state index contributed by atoms with van der Waals surface area (Å²) in [5.41, 5.74) is 6.55. The van der Waals surface area contributed by atoms with Crippen molar-refractivity contribution in [2.24, 2.45) is 10.7 Å². The van der Waals surface area contributed by atoms with E-state index >= 15 is 0 Å². The average Bonchev–Trinajstić information content (AvgIpc) is 2.26. The molecule has 0 amide bonds. The van der Waals surface area contributed by atoms with Gasteiger partial charge in [-0.25, -0.2) is 15.0 Å². The fraction of sp³-hybridized carbons (Fsp3) is 0.545. The maximum atomic E-state index is 5.71. The lowest BCUT2D eigenvalue weighted by Crippen LogP contribution is -2.36. The van der Waals surface area contributed by atoms with E-state index < -0.39 is 0 Å². The Balaban J connectivity index is 2.66. The number of hydrogen-bond donors (Lipinski definition) is 2. The number of nitrogens with two attached hydrogens (primary N) is 1. The molecule has 0 radical (unpaired) electrons. The molecule has 17 heavy (non-hydrogen) atoms. The first kappa shape index (κ1) is 13.2. The Bertz CT molecular complexity index is 385. The van der Waals surface area contributed by atoms with Crippen molar-refractivity contribution in [2.45, 2.75) is 26.4 Å². The molecule has 0 aliphatic carbocycles. The van der Waals surface area contributed by atoms with E-state index in [0.717, 1.165) is 5.69 Å². The summed E-state index contributed by atoms with van der Waals surface area (Å²) in [5, 5.41) is 3.02. The van der Waals surface area contributed by atoms with Crippen LogP contribution >= 0.6 is 0 Å². The van der Waals surface area contributed by atoms with Gasteiger partial charge in [0.1, 0.15) is 0 Å². The molecule has 0 bridgehead atoms. The van der Waals surface area contributed by atoms with Gasteiger partial charge in [0.25, 0.3) is 0 Å². The maximum absolute atomic E-state index is 5.71. The number of hydrogen-bond acceptors (Lipinski definition) is 4. The first-order chi connectivity index (χ1) is 7.99. The number of guanidine groups is 1. The Morgan fingerprint density at radius 2 is 2.24 bits per heavy atom. The van der Waals surface area contributed by atoms with E-state index in [4.69, 9.17) is 5.73 Å². The Morgan fingerprint density at radius 1 is 1.53 bits per heavy atom. The first-order valence-electron chi connectivity index (χ1n) is 5.54. The molecule has 0 aliphatic heterocycles. The van der Waals surface area contributed by atoms with Crippen LogP contribution in [0.3, 0.4) is 0 Å². The van der Waals surface area contributed by atoms with Crippen LogP contribution in [0.25, 0.3) is 0 Å². The lowest BCUT2D eigenvalue weighted by Gasteiger charge is -2.10. The molecule has 1 heterocycles. The van der Waals surface area contributed by atoms with Crippen molar-refractivity contribution in [1.82, 2.24) is 15.3 Å². The van der Waals surface area contributed by atoms with E-state index in [0.29, 0.717) is 18.5 Å². The van der Waals surface area contributed by atoms with Gasteiger partial charge in [-0.15, -0.1) is 0 Å². The number of anilines is 1. The summed E-state index contributed by atoms with van der Waals surface area (Å²) in [4.78, 5) is 14.5. The molecule has 1 aromatic heterocycles. The van der Waals surface area contributed by atoms with E-state index in [1.807, 2.05) is 38.9 Å². The van der Waals surface area contributed by atoms with Gasteiger partial charge in [-0.05, 0) is 19.9 Å². The fourth-order valence-corrected chi connectivity index (χ4v) is 1.20. The molecule has 0 saturated carbocycles. The molecule has 0 aromatic carbocycles. The van der Waals surface area contributed by atoms with Crippen LogP contribution in [0.2, 0.25) is 0 Å². The minimum absolute atomic E-state index is 0.279. The van der Waals surface area contributed by atoms with Gasteiger partial charge in [-0.1, -0.05) is 0 Å². The highest BCUT2D eigenvalue weighted by atomic mass is 15.2. The summed E-state index contributed by atoms with van der Waals surface area (Å²) in [6.45, 7) is 4.48. The molecule has 6 nitrogen and oxygen atoms in total. The zero-order valence-electron chi connectivity index (χ0n) is 10.8. The van der Waals surface area contributed by atoms with Crippen LogP contribution in [-0.2, 0) is 6.54 Å². The van der Waals surface area contributed by atoms with Crippen LogP contribution in [0.15, 0.2) is 17.3 Å². The SMILES string of the molecule is CC(C)NC(N)=NCc1ccnc(N(C)C)n1. The molecule has 0 saturated heterocycles. The van der Waals surface area contributed by atoms with E-state index in [9.17, 15) is 0 Å². The third-order valence-corrected chi connectivity index (χ3v) is 1.95. The monoisotopic (exact) mass is 236 g/mol. The van der Waals surface area contributed by atoms with Gasteiger partial charge in [-0.3, -0.25) is 0 Å². The van der Waals surface area contributed by atoms with Crippen molar-refractivity contribution in [3.63, 3.8) is 0 Å². The van der Waals surface area contributed by atoms with Crippen LogP contribution < -0.4 is 16.0 Å². The molecule has 0 unspecified atom stereocenters. The molecule has 1 aromatic rings. The summed E-state index contributed by atoms with van der Waals surface area (Å²) in [7, 11) is 3.80. The first-order valence-corrected chi connectivity index (χ1v) is 5.54. The smallest absolute Gasteiger partial charge is 0.225 e. The van der Waals surface area contributed by atoms with Crippen molar-refractivity contribution in [3.05, 3.63) is 18.0 Å². The number of aromatic nitrogens is 2. The van der Waals surface area contributed by atoms with E-state index in [-0.39, 0.29) is 6.04 Å². The summed E-state index contributed by atoms with van der Waals surface area (Å²) in [6.07, 6.45) is 1.72. The normalized spacial score (nSPS) is 11.7.